The van der Waals surface area contributed by atoms with Crippen LogP contribution in [0.2, 0.25) is 0 Å². The topological polar surface area (TPSA) is 46.3 Å². The maximum atomic E-state index is 4.99. The quantitative estimate of drug-likeness (QED) is 0.177. The number of nitrogens with zero attached hydrogens (tertiary/aromatic N) is 5. The zero-order valence-electron chi connectivity index (χ0n) is 30.9. The van der Waals surface area contributed by atoms with E-state index in [1.54, 1.807) is 0 Å². The van der Waals surface area contributed by atoms with Gasteiger partial charge in [0.25, 0.3) is 0 Å². The number of allylic oxidation sites excluding steroid dienone is 1. The van der Waals surface area contributed by atoms with Gasteiger partial charge in [0, 0.05) is 35.4 Å². The molecule has 2 unspecified atom stereocenters. The fourth-order valence-electron chi connectivity index (χ4n) is 9.93. The molecular formula is C52H35N5. The first-order valence-electron chi connectivity index (χ1n) is 19.6. The van der Waals surface area contributed by atoms with Crippen LogP contribution in [-0.4, -0.2) is 26.8 Å². The molecule has 3 aliphatic rings. The number of hydrogen-bond acceptors (Lipinski definition) is 4. The van der Waals surface area contributed by atoms with Crippen LogP contribution in [-0.2, 0) is 5.41 Å². The highest BCUT2D eigenvalue weighted by Gasteiger charge is 2.46. The summed E-state index contributed by atoms with van der Waals surface area (Å²) in [5, 5.41) is 1.15. The van der Waals surface area contributed by atoms with Crippen LogP contribution in [0.4, 0.5) is 11.4 Å². The summed E-state index contributed by atoms with van der Waals surface area (Å²) in [7, 11) is 0. The van der Waals surface area contributed by atoms with Crippen LogP contribution in [0.15, 0.2) is 199 Å². The lowest BCUT2D eigenvalue weighted by atomic mass is 9.67. The summed E-state index contributed by atoms with van der Waals surface area (Å²) in [6.07, 6.45) is 9.93. The number of fused-ring (bicyclic) bond motifs is 9. The van der Waals surface area contributed by atoms with Gasteiger partial charge >= 0.3 is 0 Å². The molecule has 2 atom stereocenters. The average molecular weight is 730 g/mol. The van der Waals surface area contributed by atoms with E-state index in [1.165, 1.54) is 38.9 Å². The Morgan fingerprint density at radius 1 is 0.526 bits per heavy atom. The lowest BCUT2D eigenvalue weighted by Gasteiger charge is -2.34. The molecule has 2 aliphatic heterocycles. The predicted octanol–water partition coefficient (Wildman–Crippen LogP) is 11.8. The monoisotopic (exact) mass is 729 g/mol. The maximum Gasteiger partial charge on any atom is 0.118 e. The Morgan fingerprint density at radius 3 is 1.95 bits per heavy atom. The van der Waals surface area contributed by atoms with Crippen LogP contribution in [0.25, 0.3) is 49.9 Å². The molecule has 6 aromatic carbocycles. The molecule has 0 N–H and O–H groups in total. The predicted molar refractivity (Wildman–Crippen MR) is 232 cm³/mol. The molecule has 0 radical (unpaired) electrons. The molecule has 0 fully saturated rings. The molecule has 268 valence electrons. The van der Waals surface area contributed by atoms with Gasteiger partial charge in [-0.15, -0.1) is 0 Å². The molecule has 9 aromatic rings. The third kappa shape index (κ3) is 4.54. The van der Waals surface area contributed by atoms with Crippen molar-refractivity contribution in [3.8, 4) is 27.9 Å². The van der Waals surface area contributed by atoms with Gasteiger partial charge in [-0.25, -0.2) is 0 Å². The summed E-state index contributed by atoms with van der Waals surface area (Å²) in [5.41, 5.74) is 17.1. The summed E-state index contributed by atoms with van der Waals surface area (Å²) < 4.78 is 2.39. The molecule has 1 aliphatic carbocycles. The lowest BCUT2D eigenvalue weighted by molar-refractivity contribution is 0.655. The van der Waals surface area contributed by atoms with Crippen molar-refractivity contribution in [2.75, 3.05) is 4.90 Å². The van der Waals surface area contributed by atoms with E-state index in [0.717, 1.165) is 50.3 Å². The van der Waals surface area contributed by atoms with Crippen molar-refractivity contribution in [2.45, 2.75) is 17.5 Å². The van der Waals surface area contributed by atoms with Gasteiger partial charge in [0.05, 0.1) is 39.4 Å². The molecular weight excluding hydrogens is 695 g/mol. The van der Waals surface area contributed by atoms with Gasteiger partial charge < -0.3 is 9.47 Å². The average Bonchev–Trinajstić information content (AvgIpc) is 3.90. The number of pyridine rings is 2. The van der Waals surface area contributed by atoms with E-state index in [1.807, 2.05) is 36.8 Å². The lowest BCUT2D eigenvalue weighted by Crippen LogP contribution is -2.28. The van der Waals surface area contributed by atoms with E-state index in [0.29, 0.717) is 0 Å². The van der Waals surface area contributed by atoms with Crippen molar-refractivity contribution in [2.24, 2.45) is 4.99 Å². The van der Waals surface area contributed by atoms with E-state index in [2.05, 4.69) is 173 Å². The molecule has 0 saturated heterocycles. The first-order valence-corrected chi connectivity index (χ1v) is 19.6. The van der Waals surface area contributed by atoms with Crippen molar-refractivity contribution >= 4 is 39.5 Å². The third-order valence-electron chi connectivity index (χ3n) is 12.3. The fraction of sp³-hybridized carbons (Fsp3) is 0.0577. The van der Waals surface area contributed by atoms with E-state index < -0.39 is 5.41 Å². The maximum absolute atomic E-state index is 4.99. The Labute approximate surface area is 330 Å². The summed E-state index contributed by atoms with van der Waals surface area (Å²) in [6.45, 7) is 0. The van der Waals surface area contributed by atoms with Crippen molar-refractivity contribution in [3.63, 3.8) is 0 Å². The van der Waals surface area contributed by atoms with Crippen LogP contribution in [0, 0.1) is 0 Å². The zero-order valence-corrected chi connectivity index (χ0v) is 30.9. The second kappa shape index (κ2) is 12.3. The molecule has 0 spiro atoms. The Hall–Kier alpha value is -7.37. The van der Waals surface area contributed by atoms with Crippen LogP contribution >= 0.6 is 0 Å². The first kappa shape index (κ1) is 31.9. The molecule has 5 heteroatoms. The minimum Gasteiger partial charge on any atom is -0.330 e. The molecule has 12 rings (SSSR count). The smallest absolute Gasteiger partial charge is 0.118 e. The Bertz CT molecular complexity index is 3030. The Kier molecular flexibility index (Phi) is 6.90. The first-order chi connectivity index (χ1) is 28.3. The van der Waals surface area contributed by atoms with Crippen LogP contribution in [0.5, 0.6) is 0 Å². The van der Waals surface area contributed by atoms with Crippen molar-refractivity contribution in [3.05, 3.63) is 222 Å². The second-order valence-corrected chi connectivity index (χ2v) is 15.1. The third-order valence-corrected chi connectivity index (χ3v) is 12.3. The highest BCUT2D eigenvalue weighted by Crippen LogP contribution is 2.57. The molecule has 57 heavy (non-hydrogen) atoms. The van der Waals surface area contributed by atoms with Gasteiger partial charge in [0.2, 0.25) is 0 Å². The van der Waals surface area contributed by atoms with Gasteiger partial charge in [0.1, 0.15) is 6.04 Å². The van der Waals surface area contributed by atoms with Gasteiger partial charge in [-0.1, -0.05) is 115 Å². The molecule has 5 nitrogen and oxygen atoms in total. The number of anilines is 2. The SMILES string of the molecule is C1=CC2C(N=C1)c1ncccc1N2c1ccc(-c2ccc(-n3c4cc5c(cc4c4ncccc43)-c3ccccc3C5(c3ccccc3)c3ccccc3)cc2)cc1. The molecule has 5 heterocycles. The number of aliphatic imine (C=N–C) groups is 1. The van der Waals surface area contributed by atoms with E-state index in [-0.39, 0.29) is 12.1 Å². The molecule has 0 saturated carbocycles. The van der Waals surface area contributed by atoms with Gasteiger partial charge in [-0.3, -0.25) is 15.0 Å². The number of rotatable bonds is 5. The van der Waals surface area contributed by atoms with Gasteiger partial charge in [-0.05, 0) is 111 Å². The van der Waals surface area contributed by atoms with Crippen LogP contribution in [0.3, 0.4) is 0 Å². The molecule has 3 aromatic heterocycles. The largest absolute Gasteiger partial charge is 0.330 e. The fourth-order valence-corrected chi connectivity index (χ4v) is 9.93. The van der Waals surface area contributed by atoms with Crippen LogP contribution < -0.4 is 4.90 Å². The summed E-state index contributed by atoms with van der Waals surface area (Å²) in [6, 6.07) is 62.2. The summed E-state index contributed by atoms with van der Waals surface area (Å²) in [4.78, 5) is 16.9. The summed E-state index contributed by atoms with van der Waals surface area (Å²) in [5.74, 6) is 0. The number of aromatic nitrogens is 3. The minimum absolute atomic E-state index is 0.0129. The summed E-state index contributed by atoms with van der Waals surface area (Å²) >= 11 is 0. The van der Waals surface area contributed by atoms with Crippen molar-refractivity contribution in [1.82, 2.24) is 14.5 Å². The van der Waals surface area contributed by atoms with E-state index in [4.69, 9.17) is 15.0 Å². The minimum atomic E-state index is -0.484. The number of dihydropyridines is 1. The molecule has 0 bridgehead atoms. The highest BCUT2D eigenvalue weighted by molar-refractivity contribution is 6.10. The number of hydrogen-bond donors (Lipinski definition) is 0. The highest BCUT2D eigenvalue weighted by atomic mass is 15.2. The Morgan fingerprint density at radius 2 is 1.19 bits per heavy atom. The van der Waals surface area contributed by atoms with Crippen molar-refractivity contribution in [1.29, 1.82) is 0 Å². The van der Waals surface area contributed by atoms with Gasteiger partial charge in [0.15, 0.2) is 0 Å². The van der Waals surface area contributed by atoms with Crippen molar-refractivity contribution < 1.29 is 0 Å². The Balaban J connectivity index is 0.988. The van der Waals surface area contributed by atoms with E-state index in [9.17, 15) is 0 Å². The second-order valence-electron chi connectivity index (χ2n) is 15.1. The van der Waals surface area contributed by atoms with E-state index >= 15 is 0 Å². The normalized spacial score (nSPS) is 17.1. The number of benzene rings is 6. The standard InChI is InChI=1S/C52H35N5/c1-3-12-36(13-4-1)52(37-14-5-2-6-15-37)43-17-8-7-16-40(43)41-32-42-48(33-44(41)52)57(45-18-9-29-53-49(42)45)39-27-23-35(24-28-39)34-21-25-38(26-22-34)56-46-19-10-30-54-50(46)51-47(56)20-11-31-55-51/h1-33,46,50H. The van der Waals surface area contributed by atoms with Gasteiger partial charge in [-0.2, -0.15) is 0 Å². The zero-order chi connectivity index (χ0) is 37.5. The van der Waals surface area contributed by atoms with Crippen LogP contribution in [0.1, 0.15) is 34.0 Å². The molecule has 0 amide bonds.